The lowest BCUT2D eigenvalue weighted by molar-refractivity contribution is -0.140. The van der Waals surface area contributed by atoms with Crippen LogP contribution in [-0.4, -0.2) is 25.3 Å². The Morgan fingerprint density at radius 2 is 1.89 bits per heavy atom. The number of benzene rings is 1. The molecule has 0 amide bonds. The minimum absolute atomic E-state index is 0.0138. The summed E-state index contributed by atoms with van der Waals surface area (Å²) < 4.78 is 24.0. The first kappa shape index (κ1) is 12.7. The summed E-state index contributed by atoms with van der Waals surface area (Å²) in [7, 11) is 2.76. The Labute approximate surface area is 104 Å². The molecule has 1 aliphatic rings. The zero-order valence-corrected chi connectivity index (χ0v) is 10.5. The van der Waals surface area contributed by atoms with Crippen LogP contribution in [-0.2, 0) is 10.2 Å². The molecule has 0 radical (unpaired) electrons. The fourth-order valence-corrected chi connectivity index (χ4v) is 2.36. The summed E-state index contributed by atoms with van der Waals surface area (Å²) in [4.78, 5) is 11.3. The zero-order valence-electron chi connectivity index (χ0n) is 10.5. The number of hydrogen-bond acceptors (Lipinski definition) is 3. The van der Waals surface area contributed by atoms with Crippen LogP contribution in [0.5, 0.6) is 11.5 Å². The molecule has 5 heteroatoms. The molecule has 1 fully saturated rings. The van der Waals surface area contributed by atoms with Gasteiger partial charge in [-0.2, -0.15) is 0 Å². The molecular formula is C13H15FO4. The number of rotatable bonds is 4. The van der Waals surface area contributed by atoms with E-state index in [0.29, 0.717) is 24.0 Å². The summed E-state index contributed by atoms with van der Waals surface area (Å²) in [6.45, 7) is 1.72. The smallest absolute Gasteiger partial charge is 0.314 e. The van der Waals surface area contributed by atoms with Crippen molar-refractivity contribution in [2.75, 3.05) is 14.2 Å². The summed E-state index contributed by atoms with van der Waals surface area (Å²) in [6, 6.07) is 1.25. The molecule has 1 saturated carbocycles. The molecule has 0 aliphatic heterocycles. The van der Waals surface area contributed by atoms with Crippen molar-refractivity contribution < 1.29 is 23.8 Å². The van der Waals surface area contributed by atoms with Crippen LogP contribution in [0.4, 0.5) is 4.39 Å². The Balaban J connectivity index is 2.64. The maximum Gasteiger partial charge on any atom is 0.314 e. The van der Waals surface area contributed by atoms with Crippen molar-refractivity contribution in [2.24, 2.45) is 0 Å². The first-order chi connectivity index (χ1) is 8.47. The third-order valence-corrected chi connectivity index (χ3v) is 3.52. The molecule has 0 unspecified atom stereocenters. The predicted octanol–water partition coefficient (Wildman–Crippen LogP) is 2.27. The topological polar surface area (TPSA) is 55.8 Å². The second-order valence-corrected chi connectivity index (χ2v) is 4.48. The Kier molecular flexibility index (Phi) is 2.92. The summed E-state index contributed by atoms with van der Waals surface area (Å²) in [5.41, 5.74) is 0.144. The number of carboxylic acids is 1. The molecule has 1 aromatic rings. The number of carboxylic acid groups (broad SMARTS) is 1. The van der Waals surface area contributed by atoms with Gasteiger partial charge in [-0.1, -0.05) is 0 Å². The van der Waals surface area contributed by atoms with Gasteiger partial charge in [0.15, 0.2) is 17.3 Å². The summed E-state index contributed by atoms with van der Waals surface area (Å²) in [5, 5.41) is 9.27. The minimum Gasteiger partial charge on any atom is -0.492 e. The van der Waals surface area contributed by atoms with Crippen LogP contribution in [0.2, 0.25) is 0 Å². The monoisotopic (exact) mass is 254 g/mol. The molecule has 1 aromatic carbocycles. The van der Waals surface area contributed by atoms with Crippen LogP contribution in [0.1, 0.15) is 24.0 Å². The number of methoxy groups -OCH3 is 2. The molecule has 4 nitrogen and oxygen atoms in total. The summed E-state index contributed by atoms with van der Waals surface area (Å²) in [6.07, 6.45) is 1.05. The average Bonchev–Trinajstić information content (AvgIpc) is 3.12. The van der Waals surface area contributed by atoms with Crippen molar-refractivity contribution in [3.05, 3.63) is 23.0 Å². The van der Waals surface area contributed by atoms with Gasteiger partial charge in [0.1, 0.15) is 0 Å². The highest BCUT2D eigenvalue weighted by atomic mass is 19.1. The van der Waals surface area contributed by atoms with Gasteiger partial charge in [-0.05, 0) is 37.0 Å². The number of ether oxygens (including phenoxy) is 2. The molecule has 0 atom stereocenters. The van der Waals surface area contributed by atoms with E-state index in [1.165, 1.54) is 20.3 Å². The van der Waals surface area contributed by atoms with Crippen LogP contribution in [0.15, 0.2) is 6.07 Å². The van der Waals surface area contributed by atoms with E-state index in [4.69, 9.17) is 9.47 Å². The molecule has 1 N–H and O–H groups in total. The third-order valence-electron chi connectivity index (χ3n) is 3.52. The van der Waals surface area contributed by atoms with E-state index in [9.17, 15) is 14.3 Å². The van der Waals surface area contributed by atoms with Gasteiger partial charge < -0.3 is 14.6 Å². The van der Waals surface area contributed by atoms with Crippen molar-refractivity contribution in [3.8, 4) is 11.5 Å². The second-order valence-electron chi connectivity index (χ2n) is 4.48. The quantitative estimate of drug-likeness (QED) is 0.895. The molecule has 0 bridgehead atoms. The number of carbonyl (C=O) groups is 1. The van der Waals surface area contributed by atoms with E-state index >= 15 is 0 Å². The third kappa shape index (κ3) is 1.62. The molecular weight excluding hydrogens is 239 g/mol. The highest BCUT2D eigenvalue weighted by Gasteiger charge is 2.53. The lowest BCUT2D eigenvalue weighted by Gasteiger charge is -2.19. The highest BCUT2D eigenvalue weighted by molar-refractivity contribution is 5.86. The molecule has 0 saturated heterocycles. The van der Waals surface area contributed by atoms with Gasteiger partial charge in [-0.25, -0.2) is 4.39 Å². The Morgan fingerprint density at radius 1 is 1.33 bits per heavy atom. The summed E-state index contributed by atoms with van der Waals surface area (Å²) in [5.74, 6) is -1.24. The van der Waals surface area contributed by atoms with Gasteiger partial charge in [-0.3, -0.25) is 4.79 Å². The lowest BCUT2D eigenvalue weighted by atomic mass is 9.91. The fourth-order valence-electron chi connectivity index (χ4n) is 2.36. The van der Waals surface area contributed by atoms with Crippen molar-refractivity contribution in [3.63, 3.8) is 0 Å². The maximum absolute atomic E-state index is 13.9. The molecule has 98 valence electrons. The van der Waals surface area contributed by atoms with Gasteiger partial charge in [0.25, 0.3) is 0 Å². The van der Waals surface area contributed by atoms with Gasteiger partial charge in [-0.15, -0.1) is 0 Å². The molecule has 0 heterocycles. The average molecular weight is 254 g/mol. The fraction of sp³-hybridized carbons (Fsp3) is 0.462. The van der Waals surface area contributed by atoms with Crippen molar-refractivity contribution in [2.45, 2.75) is 25.2 Å². The van der Waals surface area contributed by atoms with Crippen LogP contribution < -0.4 is 9.47 Å². The van der Waals surface area contributed by atoms with Crippen LogP contribution >= 0.6 is 0 Å². The normalized spacial score (nSPS) is 16.2. The van der Waals surface area contributed by atoms with E-state index in [1.807, 2.05) is 0 Å². The first-order valence-electron chi connectivity index (χ1n) is 5.63. The molecule has 18 heavy (non-hydrogen) atoms. The Hall–Kier alpha value is -1.78. The Bertz CT molecular complexity index is 506. The molecule has 2 rings (SSSR count). The van der Waals surface area contributed by atoms with Crippen molar-refractivity contribution in [1.29, 1.82) is 0 Å². The van der Waals surface area contributed by atoms with Crippen LogP contribution in [0, 0.1) is 12.7 Å². The SMILES string of the molecule is COc1c(F)cc(C2(C(=O)O)CC2)c(C)c1OC. The van der Waals surface area contributed by atoms with Crippen molar-refractivity contribution in [1.82, 2.24) is 0 Å². The van der Waals surface area contributed by atoms with Gasteiger partial charge >= 0.3 is 5.97 Å². The van der Waals surface area contributed by atoms with E-state index in [-0.39, 0.29) is 11.5 Å². The van der Waals surface area contributed by atoms with Gasteiger partial charge in [0, 0.05) is 0 Å². The van der Waals surface area contributed by atoms with Gasteiger partial charge in [0.2, 0.25) is 0 Å². The maximum atomic E-state index is 13.9. The van der Waals surface area contributed by atoms with E-state index < -0.39 is 17.2 Å². The summed E-state index contributed by atoms with van der Waals surface area (Å²) >= 11 is 0. The van der Waals surface area contributed by atoms with Crippen LogP contribution in [0.3, 0.4) is 0 Å². The number of hydrogen-bond donors (Lipinski definition) is 1. The lowest BCUT2D eigenvalue weighted by Crippen LogP contribution is -2.21. The Morgan fingerprint density at radius 3 is 2.28 bits per heavy atom. The van der Waals surface area contributed by atoms with Crippen molar-refractivity contribution >= 4 is 5.97 Å². The van der Waals surface area contributed by atoms with E-state index in [2.05, 4.69) is 0 Å². The van der Waals surface area contributed by atoms with Gasteiger partial charge in [0.05, 0.1) is 19.6 Å². The first-order valence-corrected chi connectivity index (χ1v) is 5.63. The zero-order chi connectivity index (χ0) is 13.5. The largest absolute Gasteiger partial charge is 0.492 e. The van der Waals surface area contributed by atoms with Crippen LogP contribution in [0.25, 0.3) is 0 Å². The predicted molar refractivity (Wildman–Crippen MR) is 62.8 cm³/mol. The minimum atomic E-state index is -0.954. The number of aliphatic carboxylic acids is 1. The molecule has 1 aliphatic carbocycles. The van der Waals surface area contributed by atoms with E-state index in [1.54, 1.807) is 6.92 Å². The number of halogens is 1. The standard InChI is InChI=1S/C13H15FO4/c1-7-8(13(4-5-13)12(15)16)6-9(14)11(18-3)10(7)17-2/h6H,4-5H2,1-3H3,(H,15,16). The van der Waals surface area contributed by atoms with E-state index in [0.717, 1.165) is 0 Å². The molecule has 0 aromatic heterocycles. The molecule has 0 spiro atoms. The highest BCUT2D eigenvalue weighted by Crippen LogP contribution is 2.52. The second kappa shape index (κ2) is 4.15.